The van der Waals surface area contributed by atoms with E-state index in [2.05, 4.69) is 190 Å². The molecule has 0 saturated heterocycles. The van der Waals surface area contributed by atoms with E-state index in [0.29, 0.717) is 5.82 Å². The molecule has 1 aliphatic rings. The van der Waals surface area contributed by atoms with Gasteiger partial charge < -0.3 is 0 Å². The van der Waals surface area contributed by atoms with Crippen molar-refractivity contribution in [2.24, 2.45) is 0 Å². The first kappa shape index (κ1) is 32.7. The first-order valence-corrected chi connectivity index (χ1v) is 19.9. The van der Waals surface area contributed by atoms with Crippen LogP contribution >= 0.6 is 11.3 Å². The molecule has 7 aromatic carbocycles. The molecule has 4 heteroatoms. The molecular formula is C52H35N3S. The van der Waals surface area contributed by atoms with Gasteiger partial charge in [0.15, 0.2) is 5.82 Å². The van der Waals surface area contributed by atoms with Crippen molar-refractivity contribution in [3.8, 4) is 67.4 Å². The first-order valence-electron chi connectivity index (χ1n) is 19.1. The van der Waals surface area contributed by atoms with Gasteiger partial charge >= 0.3 is 0 Å². The number of pyridine rings is 1. The summed E-state index contributed by atoms with van der Waals surface area (Å²) in [4.78, 5) is 16.9. The van der Waals surface area contributed by atoms with Crippen LogP contribution in [0, 0.1) is 0 Å². The maximum absolute atomic E-state index is 5.30. The number of hydrogen-bond acceptors (Lipinski definition) is 4. The van der Waals surface area contributed by atoms with E-state index in [1.807, 2.05) is 0 Å². The van der Waals surface area contributed by atoms with Crippen LogP contribution < -0.4 is 0 Å². The lowest BCUT2D eigenvalue weighted by Gasteiger charge is -2.21. The number of fused-ring (bicyclic) bond motifs is 8. The van der Waals surface area contributed by atoms with E-state index < -0.39 is 0 Å². The van der Waals surface area contributed by atoms with E-state index in [9.17, 15) is 0 Å². The van der Waals surface area contributed by atoms with Crippen LogP contribution in [0.5, 0.6) is 0 Å². The van der Waals surface area contributed by atoms with Crippen molar-refractivity contribution in [2.45, 2.75) is 19.3 Å². The van der Waals surface area contributed by atoms with Crippen molar-refractivity contribution in [3.63, 3.8) is 0 Å². The van der Waals surface area contributed by atoms with Gasteiger partial charge in [-0.25, -0.2) is 15.0 Å². The fraction of sp³-hybridized carbons (Fsp3) is 0.0577. The van der Waals surface area contributed by atoms with Gasteiger partial charge in [-0.3, -0.25) is 0 Å². The molecule has 0 spiro atoms. The number of nitrogens with zero attached hydrogens (tertiary/aromatic N) is 3. The standard InChI is InChI=1S/C52H35N3S/c1-52(2)43-21-10-8-17-38(43)39-28-27-37(30-44(39)52)50-53-45(31-46(54-50)36-16-12-15-35(29-36)32-13-4-3-5-14-32)33-23-25-34(26-24-33)49-41-19-7-6-18-40(41)48-42-20-9-11-22-47(42)56-51(48)55-49/h3-31H,1-2H3. The van der Waals surface area contributed by atoms with Crippen molar-refractivity contribution in [3.05, 3.63) is 187 Å². The van der Waals surface area contributed by atoms with Gasteiger partial charge in [0.05, 0.1) is 17.1 Å². The van der Waals surface area contributed by atoms with E-state index >= 15 is 0 Å². The van der Waals surface area contributed by atoms with Gasteiger partial charge in [-0.1, -0.05) is 166 Å². The Morgan fingerprint density at radius 2 is 1.04 bits per heavy atom. The second kappa shape index (κ2) is 12.7. The Kier molecular flexibility index (Phi) is 7.38. The highest BCUT2D eigenvalue weighted by Gasteiger charge is 2.35. The van der Waals surface area contributed by atoms with Crippen molar-refractivity contribution in [2.75, 3.05) is 0 Å². The third kappa shape index (κ3) is 5.21. The maximum Gasteiger partial charge on any atom is 0.160 e. The lowest BCUT2D eigenvalue weighted by molar-refractivity contribution is 0.660. The number of thiophene rings is 1. The Hall–Kier alpha value is -6.75. The Balaban J connectivity index is 1.05. The molecule has 3 aromatic heterocycles. The molecule has 10 aromatic rings. The Morgan fingerprint density at radius 3 is 1.88 bits per heavy atom. The van der Waals surface area contributed by atoms with Crippen LogP contribution in [0.25, 0.3) is 98.5 Å². The molecule has 11 rings (SSSR count). The first-order chi connectivity index (χ1) is 27.5. The zero-order valence-corrected chi connectivity index (χ0v) is 31.8. The van der Waals surface area contributed by atoms with E-state index in [1.54, 1.807) is 11.3 Å². The zero-order valence-electron chi connectivity index (χ0n) is 31.0. The second-order valence-electron chi connectivity index (χ2n) is 15.2. The average Bonchev–Trinajstić information content (AvgIpc) is 3.75. The van der Waals surface area contributed by atoms with E-state index in [-0.39, 0.29) is 5.41 Å². The van der Waals surface area contributed by atoms with Crippen molar-refractivity contribution in [1.29, 1.82) is 0 Å². The molecule has 0 atom stereocenters. The molecule has 1 aliphatic carbocycles. The molecule has 0 bridgehead atoms. The zero-order chi connectivity index (χ0) is 37.4. The van der Waals surface area contributed by atoms with Crippen LogP contribution in [-0.2, 0) is 5.41 Å². The minimum Gasteiger partial charge on any atom is -0.236 e. The molecule has 0 unspecified atom stereocenters. The summed E-state index contributed by atoms with van der Waals surface area (Å²) in [5.74, 6) is 0.712. The third-order valence-electron chi connectivity index (χ3n) is 11.5. The molecule has 0 amide bonds. The molecule has 3 nitrogen and oxygen atoms in total. The van der Waals surface area contributed by atoms with Gasteiger partial charge in [0.2, 0.25) is 0 Å². The van der Waals surface area contributed by atoms with Crippen LogP contribution in [0.1, 0.15) is 25.0 Å². The highest BCUT2D eigenvalue weighted by molar-refractivity contribution is 7.25. The fourth-order valence-corrected chi connectivity index (χ4v) is 9.76. The smallest absolute Gasteiger partial charge is 0.160 e. The minimum absolute atomic E-state index is 0.126. The van der Waals surface area contributed by atoms with Gasteiger partial charge in [-0.05, 0) is 63.0 Å². The van der Waals surface area contributed by atoms with Crippen molar-refractivity contribution >= 4 is 42.4 Å². The van der Waals surface area contributed by atoms with Gasteiger partial charge in [-0.15, -0.1) is 11.3 Å². The number of benzene rings is 7. The van der Waals surface area contributed by atoms with Crippen LogP contribution in [0.3, 0.4) is 0 Å². The highest BCUT2D eigenvalue weighted by atomic mass is 32.1. The molecule has 0 radical (unpaired) electrons. The van der Waals surface area contributed by atoms with Crippen LogP contribution in [-0.4, -0.2) is 15.0 Å². The van der Waals surface area contributed by atoms with Gasteiger partial charge in [0.1, 0.15) is 4.83 Å². The normalized spacial score (nSPS) is 13.0. The van der Waals surface area contributed by atoms with Crippen LogP contribution in [0.4, 0.5) is 0 Å². The molecule has 3 heterocycles. The second-order valence-corrected chi connectivity index (χ2v) is 16.2. The number of aromatic nitrogens is 3. The Bertz CT molecular complexity index is 3160. The monoisotopic (exact) mass is 733 g/mol. The summed E-state index contributed by atoms with van der Waals surface area (Å²) in [5, 5.41) is 4.89. The average molecular weight is 734 g/mol. The summed E-state index contributed by atoms with van der Waals surface area (Å²) < 4.78 is 1.26. The number of hydrogen-bond donors (Lipinski definition) is 0. The summed E-state index contributed by atoms with van der Waals surface area (Å²) in [5.41, 5.74) is 14.4. The van der Waals surface area contributed by atoms with E-state index in [0.717, 1.165) is 55.1 Å². The minimum atomic E-state index is -0.126. The Labute approximate surface area is 329 Å². The van der Waals surface area contributed by atoms with Gasteiger partial charge in [0, 0.05) is 48.5 Å². The molecular weight excluding hydrogens is 699 g/mol. The number of rotatable bonds is 5. The largest absolute Gasteiger partial charge is 0.236 e. The third-order valence-corrected chi connectivity index (χ3v) is 12.6. The Morgan fingerprint density at radius 1 is 0.411 bits per heavy atom. The maximum atomic E-state index is 5.30. The highest BCUT2D eigenvalue weighted by Crippen LogP contribution is 2.49. The lowest BCUT2D eigenvalue weighted by atomic mass is 9.82. The molecule has 0 aliphatic heterocycles. The van der Waals surface area contributed by atoms with E-state index in [4.69, 9.17) is 15.0 Å². The summed E-state index contributed by atoms with van der Waals surface area (Å²) in [7, 11) is 0. The van der Waals surface area contributed by atoms with E-state index in [1.165, 1.54) is 48.7 Å². The lowest BCUT2D eigenvalue weighted by Crippen LogP contribution is -2.15. The summed E-state index contributed by atoms with van der Waals surface area (Å²) in [6, 6.07) is 62.8. The molecule has 0 N–H and O–H groups in total. The molecule has 0 saturated carbocycles. The van der Waals surface area contributed by atoms with Crippen LogP contribution in [0.2, 0.25) is 0 Å². The summed E-state index contributed by atoms with van der Waals surface area (Å²) >= 11 is 1.76. The molecule has 264 valence electrons. The molecule has 56 heavy (non-hydrogen) atoms. The quantitative estimate of drug-likeness (QED) is 0.177. The van der Waals surface area contributed by atoms with Crippen molar-refractivity contribution in [1.82, 2.24) is 15.0 Å². The topological polar surface area (TPSA) is 38.7 Å². The summed E-state index contributed by atoms with van der Waals surface area (Å²) in [6.07, 6.45) is 0. The predicted octanol–water partition coefficient (Wildman–Crippen LogP) is 14.0. The SMILES string of the molecule is CC1(C)c2ccccc2-c2ccc(-c3nc(-c4ccc(-c5nc6sc7ccccc7c6c6ccccc56)cc4)cc(-c4cccc(-c5ccccc5)c4)n3)cc21. The molecule has 0 fully saturated rings. The van der Waals surface area contributed by atoms with Crippen molar-refractivity contribution < 1.29 is 0 Å². The van der Waals surface area contributed by atoms with Gasteiger partial charge in [-0.2, -0.15) is 0 Å². The van der Waals surface area contributed by atoms with Gasteiger partial charge in [0.25, 0.3) is 0 Å². The fourth-order valence-electron chi connectivity index (χ4n) is 8.66. The van der Waals surface area contributed by atoms with Crippen LogP contribution in [0.15, 0.2) is 176 Å². The predicted molar refractivity (Wildman–Crippen MR) is 235 cm³/mol. The summed E-state index contributed by atoms with van der Waals surface area (Å²) in [6.45, 7) is 4.63.